The van der Waals surface area contributed by atoms with E-state index in [1.165, 1.54) is 13.8 Å². The highest BCUT2D eigenvalue weighted by Gasteiger charge is 2.47. The molecule has 150 valence electrons. The van der Waals surface area contributed by atoms with Gasteiger partial charge in [-0.25, -0.2) is 4.79 Å². The molecule has 0 aromatic heterocycles. The van der Waals surface area contributed by atoms with E-state index in [9.17, 15) is 24.0 Å². The van der Waals surface area contributed by atoms with Gasteiger partial charge in [0.2, 0.25) is 0 Å². The average Bonchev–Trinajstić information content (AvgIpc) is 2.85. The average molecular weight is 389 g/mol. The van der Waals surface area contributed by atoms with Crippen molar-refractivity contribution in [2.45, 2.75) is 45.8 Å². The van der Waals surface area contributed by atoms with E-state index in [4.69, 9.17) is 4.74 Å². The van der Waals surface area contributed by atoms with Crippen molar-refractivity contribution in [3.63, 3.8) is 0 Å². The Balaban J connectivity index is 1.97. The molecule has 1 aromatic rings. The van der Waals surface area contributed by atoms with Crippen LogP contribution in [-0.2, 0) is 19.1 Å². The first-order valence-electron chi connectivity index (χ1n) is 8.83. The van der Waals surface area contributed by atoms with Crippen LogP contribution in [0, 0.1) is 0 Å². The SMILES string of the molecule is CC[C@@]1(C)NC(=O)N(CC(=O)O[C@@H](C)C(=O)Nc2ccccc2C(C)=O)C1=O. The molecule has 1 fully saturated rings. The fourth-order valence-corrected chi connectivity index (χ4v) is 2.68. The van der Waals surface area contributed by atoms with Crippen LogP contribution in [0.4, 0.5) is 10.5 Å². The topological polar surface area (TPSA) is 122 Å². The lowest BCUT2D eigenvalue weighted by Crippen LogP contribution is -2.44. The Morgan fingerprint density at radius 1 is 1.25 bits per heavy atom. The van der Waals surface area contributed by atoms with E-state index in [0.717, 1.165) is 4.90 Å². The van der Waals surface area contributed by atoms with Crippen LogP contribution in [0.15, 0.2) is 24.3 Å². The Hall–Kier alpha value is -3.23. The molecule has 9 heteroatoms. The quantitative estimate of drug-likeness (QED) is 0.414. The maximum Gasteiger partial charge on any atom is 0.327 e. The second-order valence-corrected chi connectivity index (χ2v) is 6.73. The Bertz CT molecular complexity index is 837. The van der Waals surface area contributed by atoms with Crippen molar-refractivity contribution in [1.29, 1.82) is 0 Å². The highest BCUT2D eigenvalue weighted by atomic mass is 16.5. The first-order valence-corrected chi connectivity index (χ1v) is 8.83. The standard InChI is InChI=1S/C19H23N3O6/c1-5-19(4)17(26)22(18(27)21-19)10-15(24)28-12(3)16(25)20-14-9-7-6-8-13(14)11(2)23/h6-9,12H,5,10H2,1-4H3,(H,20,25)(H,21,27)/t12-,19+/m0/s1. The van der Waals surface area contributed by atoms with Crippen molar-refractivity contribution in [1.82, 2.24) is 10.2 Å². The Labute approximate surface area is 162 Å². The Kier molecular flexibility index (Phi) is 6.17. The molecule has 0 saturated carbocycles. The van der Waals surface area contributed by atoms with Crippen LogP contribution < -0.4 is 10.6 Å². The van der Waals surface area contributed by atoms with Gasteiger partial charge < -0.3 is 15.4 Å². The molecule has 0 spiro atoms. The predicted octanol–water partition coefficient (Wildman–Crippen LogP) is 1.48. The number of carbonyl (C=O) groups is 5. The molecule has 1 saturated heterocycles. The third kappa shape index (κ3) is 4.36. The predicted molar refractivity (Wildman–Crippen MR) is 99.6 cm³/mol. The van der Waals surface area contributed by atoms with E-state index in [-0.39, 0.29) is 5.78 Å². The van der Waals surface area contributed by atoms with Crippen molar-refractivity contribution in [2.75, 3.05) is 11.9 Å². The number of amides is 4. The van der Waals surface area contributed by atoms with Crippen molar-refractivity contribution < 1.29 is 28.7 Å². The fraction of sp³-hybridized carbons (Fsp3) is 0.421. The van der Waals surface area contributed by atoms with Gasteiger partial charge in [0.1, 0.15) is 12.1 Å². The van der Waals surface area contributed by atoms with Crippen LogP contribution in [0.2, 0.25) is 0 Å². The van der Waals surface area contributed by atoms with E-state index < -0.39 is 42.0 Å². The van der Waals surface area contributed by atoms with Gasteiger partial charge in [0.05, 0.1) is 5.69 Å². The van der Waals surface area contributed by atoms with Crippen LogP contribution in [0.25, 0.3) is 0 Å². The van der Waals surface area contributed by atoms with Crippen LogP contribution in [0.3, 0.4) is 0 Å². The smallest absolute Gasteiger partial charge is 0.327 e. The summed E-state index contributed by atoms with van der Waals surface area (Å²) in [6.45, 7) is 5.44. The van der Waals surface area contributed by atoms with E-state index in [1.54, 1.807) is 38.1 Å². The second-order valence-electron chi connectivity index (χ2n) is 6.73. The number of nitrogens with zero attached hydrogens (tertiary/aromatic N) is 1. The van der Waals surface area contributed by atoms with Gasteiger partial charge in [0.25, 0.3) is 11.8 Å². The minimum atomic E-state index is -1.19. The van der Waals surface area contributed by atoms with Crippen molar-refractivity contribution >= 4 is 35.3 Å². The number of hydrogen-bond donors (Lipinski definition) is 2. The summed E-state index contributed by atoms with van der Waals surface area (Å²) in [7, 11) is 0. The Morgan fingerprint density at radius 3 is 2.46 bits per heavy atom. The van der Waals surface area contributed by atoms with Crippen molar-refractivity contribution in [2.24, 2.45) is 0 Å². The maximum atomic E-state index is 12.3. The van der Waals surface area contributed by atoms with Crippen LogP contribution in [0.5, 0.6) is 0 Å². The maximum absolute atomic E-state index is 12.3. The van der Waals surface area contributed by atoms with Gasteiger partial charge in [-0.1, -0.05) is 19.1 Å². The molecule has 0 unspecified atom stereocenters. The van der Waals surface area contributed by atoms with Gasteiger partial charge in [-0.3, -0.25) is 24.1 Å². The lowest BCUT2D eigenvalue weighted by atomic mass is 9.99. The number of imide groups is 1. The number of hydrogen-bond acceptors (Lipinski definition) is 6. The molecule has 1 aliphatic heterocycles. The first-order chi connectivity index (χ1) is 13.1. The summed E-state index contributed by atoms with van der Waals surface area (Å²) in [6.07, 6.45) is -0.817. The molecule has 28 heavy (non-hydrogen) atoms. The number of Topliss-reactive ketones (excluding diaryl/α,β-unsaturated/α-hetero) is 1. The molecule has 4 amide bonds. The summed E-state index contributed by atoms with van der Waals surface area (Å²) in [6, 6.07) is 5.76. The normalized spacial score (nSPS) is 19.8. The second kappa shape index (κ2) is 8.20. The molecular formula is C19H23N3O6. The van der Waals surface area contributed by atoms with Crippen molar-refractivity contribution in [3.05, 3.63) is 29.8 Å². The number of benzene rings is 1. The van der Waals surface area contributed by atoms with E-state index >= 15 is 0 Å². The highest BCUT2D eigenvalue weighted by molar-refractivity contribution is 6.08. The number of para-hydroxylation sites is 1. The van der Waals surface area contributed by atoms with E-state index in [0.29, 0.717) is 17.7 Å². The van der Waals surface area contributed by atoms with Crippen LogP contribution >= 0.6 is 0 Å². The molecule has 1 aromatic carbocycles. The zero-order valence-electron chi connectivity index (χ0n) is 16.2. The lowest BCUT2D eigenvalue weighted by Gasteiger charge is -2.19. The van der Waals surface area contributed by atoms with Gasteiger partial charge >= 0.3 is 12.0 Å². The lowest BCUT2D eigenvalue weighted by molar-refractivity contribution is -0.155. The van der Waals surface area contributed by atoms with Crippen molar-refractivity contribution in [3.8, 4) is 0 Å². The molecular weight excluding hydrogens is 366 g/mol. The monoisotopic (exact) mass is 389 g/mol. The molecule has 2 rings (SSSR count). The molecule has 0 bridgehead atoms. The van der Waals surface area contributed by atoms with Gasteiger partial charge in [0, 0.05) is 5.56 Å². The number of ether oxygens (including phenoxy) is 1. The summed E-state index contributed by atoms with van der Waals surface area (Å²) in [5.41, 5.74) is -0.431. The largest absolute Gasteiger partial charge is 0.451 e. The number of ketones is 1. The van der Waals surface area contributed by atoms with Crippen LogP contribution in [0.1, 0.15) is 44.5 Å². The third-order valence-electron chi connectivity index (χ3n) is 4.58. The zero-order valence-corrected chi connectivity index (χ0v) is 16.2. The summed E-state index contributed by atoms with van der Waals surface area (Å²) in [4.78, 5) is 61.0. The number of nitrogens with one attached hydrogen (secondary N) is 2. The number of urea groups is 1. The van der Waals surface area contributed by atoms with Gasteiger partial charge in [0.15, 0.2) is 11.9 Å². The van der Waals surface area contributed by atoms with Gasteiger partial charge in [-0.2, -0.15) is 0 Å². The minimum absolute atomic E-state index is 0.224. The molecule has 1 heterocycles. The molecule has 2 atom stereocenters. The fourth-order valence-electron chi connectivity index (χ4n) is 2.68. The number of esters is 1. The number of carbonyl (C=O) groups excluding carboxylic acids is 5. The summed E-state index contributed by atoms with van der Waals surface area (Å²) < 4.78 is 5.04. The summed E-state index contributed by atoms with van der Waals surface area (Å²) >= 11 is 0. The minimum Gasteiger partial charge on any atom is -0.451 e. The molecule has 2 N–H and O–H groups in total. The van der Waals surface area contributed by atoms with Crippen LogP contribution in [-0.4, -0.2) is 52.7 Å². The zero-order chi connectivity index (χ0) is 21.1. The van der Waals surface area contributed by atoms with Gasteiger partial charge in [-0.15, -0.1) is 0 Å². The number of anilines is 1. The molecule has 0 aliphatic carbocycles. The first kappa shape index (κ1) is 21.1. The van der Waals surface area contributed by atoms with Gasteiger partial charge in [-0.05, 0) is 39.3 Å². The molecule has 0 radical (unpaired) electrons. The van der Waals surface area contributed by atoms with E-state index in [1.807, 2.05) is 0 Å². The highest BCUT2D eigenvalue weighted by Crippen LogP contribution is 2.21. The summed E-state index contributed by atoms with van der Waals surface area (Å²) in [5, 5.41) is 5.06. The summed E-state index contributed by atoms with van der Waals surface area (Å²) in [5.74, 6) is -2.29. The third-order valence-corrected chi connectivity index (χ3v) is 4.58. The Morgan fingerprint density at radius 2 is 1.89 bits per heavy atom. The molecule has 1 aliphatic rings. The van der Waals surface area contributed by atoms with E-state index in [2.05, 4.69) is 10.6 Å². The number of rotatable bonds is 7. The molecule has 9 nitrogen and oxygen atoms in total.